The summed E-state index contributed by atoms with van der Waals surface area (Å²) >= 11 is 0. The van der Waals surface area contributed by atoms with Crippen LogP contribution in [-0.2, 0) is 5.41 Å². The van der Waals surface area contributed by atoms with Gasteiger partial charge in [-0.25, -0.2) is 18.7 Å². The highest BCUT2D eigenvalue weighted by Gasteiger charge is 2.70. The summed E-state index contributed by atoms with van der Waals surface area (Å²) in [5, 5.41) is 6.80. The van der Waals surface area contributed by atoms with Gasteiger partial charge < -0.3 is 20.4 Å². The summed E-state index contributed by atoms with van der Waals surface area (Å²) in [4.78, 5) is 22.6. The van der Waals surface area contributed by atoms with E-state index < -0.39 is 11.6 Å². The number of benzene rings is 1. The Kier molecular flexibility index (Phi) is 4.45. The Morgan fingerprint density at radius 3 is 2.68 bits per heavy atom. The fourth-order valence-corrected chi connectivity index (χ4v) is 6.57. The summed E-state index contributed by atoms with van der Waals surface area (Å²) in [5.41, 5.74) is 3.38. The van der Waals surface area contributed by atoms with Gasteiger partial charge in [-0.2, -0.15) is 9.97 Å². The van der Waals surface area contributed by atoms with Crippen LogP contribution < -0.4 is 20.4 Å². The van der Waals surface area contributed by atoms with Crippen LogP contribution in [0, 0.1) is 29.9 Å². The van der Waals surface area contributed by atoms with Gasteiger partial charge in [0.05, 0.1) is 11.7 Å². The maximum absolute atomic E-state index is 14.8. The summed E-state index contributed by atoms with van der Waals surface area (Å²) in [6.07, 6.45) is 3.98. The molecule has 1 spiro atoms. The second-order valence-corrected chi connectivity index (χ2v) is 11.2. The molecule has 2 aliphatic carbocycles. The maximum Gasteiger partial charge on any atom is 0.227 e. The van der Waals surface area contributed by atoms with Gasteiger partial charge in [-0.3, -0.25) is 0 Å². The molecule has 3 atom stereocenters. The van der Waals surface area contributed by atoms with Crippen molar-refractivity contribution < 1.29 is 8.78 Å². The minimum Gasteiger partial charge on any atom is -0.373 e. The van der Waals surface area contributed by atoms with Gasteiger partial charge in [0, 0.05) is 66.8 Å². The fraction of sp³-hybridized carbons (Fsp3) is 0.407. The number of hydrogen-bond acceptors (Lipinski definition) is 8. The Morgan fingerprint density at radius 1 is 1.08 bits per heavy atom. The molecule has 190 valence electrons. The molecule has 3 aromatic rings. The molecule has 2 N–H and O–H groups in total. The Morgan fingerprint density at radius 2 is 1.92 bits per heavy atom. The van der Waals surface area contributed by atoms with Crippen LogP contribution in [0.4, 0.5) is 37.9 Å². The van der Waals surface area contributed by atoms with Gasteiger partial charge in [0.2, 0.25) is 5.95 Å². The molecule has 8 nitrogen and oxygen atoms in total. The lowest BCUT2D eigenvalue weighted by Gasteiger charge is -2.39. The molecule has 2 aliphatic heterocycles. The highest BCUT2D eigenvalue weighted by molar-refractivity contribution is 5.76. The van der Waals surface area contributed by atoms with Crippen LogP contribution in [0.2, 0.25) is 0 Å². The lowest BCUT2D eigenvalue weighted by atomic mass is 9.69. The molecule has 0 bridgehead atoms. The molecule has 2 fully saturated rings. The van der Waals surface area contributed by atoms with Crippen LogP contribution in [0.3, 0.4) is 0 Å². The smallest absolute Gasteiger partial charge is 0.227 e. The predicted octanol–water partition coefficient (Wildman–Crippen LogP) is 4.18. The van der Waals surface area contributed by atoms with Crippen molar-refractivity contribution in [3.8, 4) is 0 Å². The number of anilines is 5. The summed E-state index contributed by atoms with van der Waals surface area (Å²) in [6, 6.07) is 5.83. The molecule has 2 aromatic heterocycles. The standard InChI is InChI=1S/C27H28F2N8/c1-14-7-20(32-13-31-14)36-10-17-22(16-9-27(16,17)12-36)33-25-34-23(30-4)21-24(35-25)37(11-26(21,2)3)19-6-5-15(28)8-18(19)29/h5-9,13,17,22H,10-12H2,1-4H3,(H2,30,33,34,35). The zero-order chi connectivity index (χ0) is 25.7. The summed E-state index contributed by atoms with van der Waals surface area (Å²) in [7, 11) is 1.83. The average Bonchev–Trinajstić information content (AvgIpc) is 3.23. The minimum atomic E-state index is -0.610. The van der Waals surface area contributed by atoms with Gasteiger partial charge in [-0.05, 0) is 24.6 Å². The largest absolute Gasteiger partial charge is 0.373 e. The summed E-state index contributed by atoms with van der Waals surface area (Å²) in [5.74, 6) is 1.99. The van der Waals surface area contributed by atoms with Crippen LogP contribution >= 0.6 is 0 Å². The van der Waals surface area contributed by atoms with Gasteiger partial charge in [0.1, 0.15) is 35.4 Å². The van der Waals surface area contributed by atoms with E-state index in [1.165, 1.54) is 17.7 Å². The Labute approximate surface area is 213 Å². The highest BCUT2D eigenvalue weighted by atomic mass is 19.1. The van der Waals surface area contributed by atoms with Gasteiger partial charge in [0.15, 0.2) is 0 Å². The molecule has 7 rings (SSSR count). The van der Waals surface area contributed by atoms with Crippen molar-refractivity contribution in [1.82, 2.24) is 19.9 Å². The monoisotopic (exact) mass is 502 g/mol. The molecule has 1 aromatic carbocycles. The molecule has 3 unspecified atom stereocenters. The molecule has 4 heterocycles. The zero-order valence-corrected chi connectivity index (χ0v) is 21.2. The van der Waals surface area contributed by atoms with Crippen molar-refractivity contribution in [2.75, 3.05) is 47.1 Å². The van der Waals surface area contributed by atoms with E-state index in [1.807, 2.05) is 24.9 Å². The Balaban J connectivity index is 1.20. The first kappa shape index (κ1) is 22.4. The normalized spacial score (nSPS) is 26.2. The first-order valence-electron chi connectivity index (χ1n) is 12.6. The fourth-order valence-electron chi connectivity index (χ4n) is 6.57. The maximum atomic E-state index is 14.8. The zero-order valence-electron chi connectivity index (χ0n) is 21.2. The van der Waals surface area contributed by atoms with E-state index in [1.54, 1.807) is 6.33 Å². The second-order valence-electron chi connectivity index (χ2n) is 11.2. The van der Waals surface area contributed by atoms with Gasteiger partial charge >= 0.3 is 0 Å². The molecular weight excluding hydrogens is 474 g/mol. The van der Waals surface area contributed by atoms with Crippen LogP contribution in [0.15, 0.2) is 42.2 Å². The van der Waals surface area contributed by atoms with E-state index in [0.29, 0.717) is 35.7 Å². The first-order chi connectivity index (χ1) is 17.7. The van der Waals surface area contributed by atoms with E-state index in [0.717, 1.165) is 36.2 Å². The number of nitrogens with one attached hydrogen (secondary N) is 2. The number of hydrogen-bond donors (Lipinski definition) is 2. The first-order valence-corrected chi connectivity index (χ1v) is 12.6. The molecule has 1 saturated carbocycles. The van der Waals surface area contributed by atoms with Gasteiger partial charge in [-0.15, -0.1) is 0 Å². The van der Waals surface area contributed by atoms with E-state index in [9.17, 15) is 8.78 Å². The summed E-state index contributed by atoms with van der Waals surface area (Å²) < 4.78 is 28.5. The van der Waals surface area contributed by atoms with Crippen LogP contribution in [0.25, 0.3) is 0 Å². The van der Waals surface area contributed by atoms with E-state index >= 15 is 0 Å². The Hall–Kier alpha value is -3.82. The summed E-state index contributed by atoms with van der Waals surface area (Å²) in [6.45, 7) is 8.47. The third kappa shape index (κ3) is 3.17. The van der Waals surface area contributed by atoms with Gasteiger partial charge in [-0.1, -0.05) is 19.9 Å². The lowest BCUT2D eigenvalue weighted by molar-refractivity contribution is 0.302. The predicted molar refractivity (Wildman–Crippen MR) is 138 cm³/mol. The minimum absolute atomic E-state index is 0.140. The molecule has 4 aliphatic rings. The van der Waals surface area contributed by atoms with Crippen molar-refractivity contribution in [3.05, 3.63) is 65.1 Å². The molecule has 37 heavy (non-hydrogen) atoms. The number of nitrogens with zero attached hydrogens (tertiary/aromatic N) is 6. The number of rotatable bonds is 5. The van der Waals surface area contributed by atoms with Crippen molar-refractivity contribution in [3.63, 3.8) is 0 Å². The topological polar surface area (TPSA) is 82.1 Å². The van der Waals surface area contributed by atoms with E-state index in [4.69, 9.17) is 9.97 Å². The van der Waals surface area contributed by atoms with Crippen molar-refractivity contribution >= 4 is 29.1 Å². The van der Waals surface area contributed by atoms with Crippen LogP contribution in [-0.4, -0.2) is 52.7 Å². The van der Waals surface area contributed by atoms with Crippen molar-refractivity contribution in [2.45, 2.75) is 32.2 Å². The molecular formula is C27H28F2N8. The van der Waals surface area contributed by atoms with Crippen molar-refractivity contribution in [1.29, 1.82) is 0 Å². The number of aromatic nitrogens is 4. The molecule has 10 heteroatoms. The second kappa shape index (κ2) is 7.36. The molecule has 0 amide bonds. The highest BCUT2D eigenvalue weighted by Crippen LogP contribution is 2.68. The van der Waals surface area contributed by atoms with Gasteiger partial charge in [0.25, 0.3) is 0 Å². The van der Waals surface area contributed by atoms with E-state index in [2.05, 4.69) is 45.4 Å². The number of fused-ring (bicyclic) bond motifs is 1. The SMILES string of the molecule is CNc1nc(NC2C3=CC34CN(c3cc(C)ncn3)CC24)nc2c1C(C)(C)CN2c1ccc(F)cc1F. The average molecular weight is 503 g/mol. The quantitative estimate of drug-likeness (QED) is 0.503. The van der Waals surface area contributed by atoms with Crippen LogP contribution in [0.5, 0.6) is 0 Å². The molecule has 1 saturated heterocycles. The van der Waals surface area contributed by atoms with Crippen molar-refractivity contribution in [2.24, 2.45) is 11.3 Å². The third-order valence-electron chi connectivity index (χ3n) is 8.35. The Bertz CT molecular complexity index is 1490. The molecule has 0 radical (unpaired) electrons. The van der Waals surface area contributed by atoms with E-state index in [-0.39, 0.29) is 16.9 Å². The number of aryl methyl sites for hydroxylation is 1. The number of halogens is 2. The third-order valence-corrected chi connectivity index (χ3v) is 8.35. The lowest BCUT2D eigenvalue weighted by Crippen LogP contribution is -2.46. The van der Waals surface area contributed by atoms with Crippen LogP contribution in [0.1, 0.15) is 25.1 Å².